The molecule has 2 amide bonds. The number of nitrogens with zero attached hydrogens (tertiary/aromatic N) is 2. The van der Waals surface area contributed by atoms with E-state index in [0.29, 0.717) is 18.7 Å². The van der Waals surface area contributed by atoms with E-state index < -0.39 is 0 Å². The molecule has 0 saturated carbocycles. The van der Waals surface area contributed by atoms with Crippen molar-refractivity contribution in [3.05, 3.63) is 40.9 Å². The molecule has 2 heterocycles. The highest BCUT2D eigenvalue weighted by Crippen LogP contribution is 2.00. The van der Waals surface area contributed by atoms with Gasteiger partial charge in [0.05, 0.1) is 12.7 Å². The minimum atomic E-state index is -0.275. The summed E-state index contributed by atoms with van der Waals surface area (Å²) >= 11 is 0. The molecule has 0 radical (unpaired) electrons. The first-order valence-corrected chi connectivity index (χ1v) is 6.79. The van der Waals surface area contributed by atoms with Crippen LogP contribution in [0, 0.1) is 0 Å². The second kappa shape index (κ2) is 7.21. The number of nitrogens with one attached hydrogen (secondary N) is 3. The molecule has 2 aromatic rings. The van der Waals surface area contributed by atoms with Crippen molar-refractivity contribution in [1.29, 1.82) is 0 Å². The van der Waals surface area contributed by atoms with Gasteiger partial charge in [0, 0.05) is 26.2 Å². The molecule has 0 aliphatic rings. The molecule has 3 N–H and O–H groups in total. The van der Waals surface area contributed by atoms with Crippen LogP contribution in [0.5, 0.6) is 0 Å². The van der Waals surface area contributed by atoms with E-state index in [1.807, 2.05) is 0 Å². The van der Waals surface area contributed by atoms with Gasteiger partial charge in [0.25, 0.3) is 5.56 Å². The fraction of sp³-hybridized carbons (Fsp3) is 0.286. The second-order valence-electron chi connectivity index (χ2n) is 4.59. The molecule has 0 bridgehead atoms. The normalized spacial score (nSPS) is 10.2. The molecule has 116 valence electrons. The summed E-state index contributed by atoms with van der Waals surface area (Å²) in [7, 11) is 0. The van der Waals surface area contributed by atoms with E-state index in [0.717, 1.165) is 0 Å². The fourth-order valence-corrected chi connectivity index (χ4v) is 1.83. The number of rotatable bonds is 6. The number of anilines is 1. The lowest BCUT2D eigenvalue weighted by molar-refractivity contribution is -0.121. The quantitative estimate of drug-likeness (QED) is 0.616. The maximum Gasteiger partial charge on any atom is 0.281 e. The Morgan fingerprint density at radius 2 is 2.00 bits per heavy atom. The molecule has 0 saturated heterocycles. The minimum Gasteiger partial charge on any atom is -0.370 e. The standard InChI is InChI=1S/C14H17N5O3/c1-10(20)15-5-6-16-13(21)9-17-11-8-18-12-4-2-3-7-19(12)14(11)22/h2-4,7-8,17H,5-6,9H2,1H3,(H,15,20)(H,16,21). The van der Waals surface area contributed by atoms with Gasteiger partial charge in [-0.15, -0.1) is 0 Å². The van der Waals surface area contributed by atoms with Gasteiger partial charge in [-0.2, -0.15) is 0 Å². The number of carbonyl (C=O) groups excluding carboxylic acids is 2. The van der Waals surface area contributed by atoms with Crippen LogP contribution >= 0.6 is 0 Å². The van der Waals surface area contributed by atoms with Gasteiger partial charge in [-0.25, -0.2) is 4.98 Å². The van der Waals surface area contributed by atoms with Gasteiger partial charge in [-0.3, -0.25) is 18.8 Å². The maximum atomic E-state index is 12.2. The Bertz CT molecular complexity index is 741. The zero-order chi connectivity index (χ0) is 15.9. The molecule has 22 heavy (non-hydrogen) atoms. The van der Waals surface area contributed by atoms with Crippen molar-refractivity contribution in [2.75, 3.05) is 25.0 Å². The van der Waals surface area contributed by atoms with Crippen LogP contribution in [-0.2, 0) is 9.59 Å². The van der Waals surface area contributed by atoms with Crippen LogP contribution in [0.2, 0.25) is 0 Å². The van der Waals surface area contributed by atoms with Crippen LogP contribution in [0.3, 0.4) is 0 Å². The summed E-state index contributed by atoms with van der Waals surface area (Å²) in [6.07, 6.45) is 3.02. The zero-order valence-electron chi connectivity index (χ0n) is 12.1. The molecule has 2 rings (SSSR count). The van der Waals surface area contributed by atoms with Crippen molar-refractivity contribution in [3.63, 3.8) is 0 Å². The van der Waals surface area contributed by atoms with Crippen LogP contribution in [0.15, 0.2) is 35.4 Å². The average Bonchev–Trinajstić information content (AvgIpc) is 2.51. The van der Waals surface area contributed by atoms with Crippen molar-refractivity contribution in [2.45, 2.75) is 6.92 Å². The highest BCUT2D eigenvalue weighted by Gasteiger charge is 2.06. The third kappa shape index (κ3) is 4.05. The lowest BCUT2D eigenvalue weighted by atomic mass is 10.4. The van der Waals surface area contributed by atoms with Gasteiger partial charge in [-0.05, 0) is 12.1 Å². The Morgan fingerprint density at radius 3 is 2.77 bits per heavy atom. The van der Waals surface area contributed by atoms with Crippen molar-refractivity contribution in [2.24, 2.45) is 0 Å². The van der Waals surface area contributed by atoms with Gasteiger partial charge in [0.15, 0.2) is 0 Å². The van der Waals surface area contributed by atoms with E-state index in [1.54, 1.807) is 24.4 Å². The van der Waals surface area contributed by atoms with Crippen LogP contribution in [0.25, 0.3) is 5.65 Å². The van der Waals surface area contributed by atoms with Gasteiger partial charge in [-0.1, -0.05) is 6.07 Å². The summed E-state index contributed by atoms with van der Waals surface area (Å²) in [6, 6.07) is 5.24. The van der Waals surface area contributed by atoms with Crippen molar-refractivity contribution < 1.29 is 9.59 Å². The third-order valence-corrected chi connectivity index (χ3v) is 2.87. The number of amides is 2. The Labute approximate surface area is 126 Å². The van der Waals surface area contributed by atoms with E-state index >= 15 is 0 Å². The Morgan fingerprint density at radius 1 is 1.23 bits per heavy atom. The molecular weight excluding hydrogens is 286 g/mol. The first-order valence-electron chi connectivity index (χ1n) is 6.79. The molecule has 0 spiro atoms. The van der Waals surface area contributed by atoms with Gasteiger partial charge < -0.3 is 16.0 Å². The van der Waals surface area contributed by atoms with E-state index in [9.17, 15) is 14.4 Å². The predicted octanol–water partition coefficient (Wildman–Crippen LogP) is -0.641. The SMILES string of the molecule is CC(=O)NCCNC(=O)CNc1cnc2ccccn2c1=O. The second-order valence-corrected chi connectivity index (χ2v) is 4.59. The molecule has 2 aromatic heterocycles. The fourth-order valence-electron chi connectivity index (χ4n) is 1.83. The number of aromatic nitrogens is 2. The van der Waals surface area contributed by atoms with Crippen LogP contribution in [-0.4, -0.2) is 40.8 Å². The van der Waals surface area contributed by atoms with Crippen molar-refractivity contribution >= 4 is 23.1 Å². The Balaban J connectivity index is 1.89. The van der Waals surface area contributed by atoms with E-state index in [-0.39, 0.29) is 29.6 Å². The van der Waals surface area contributed by atoms with Crippen LogP contribution in [0.1, 0.15) is 6.92 Å². The van der Waals surface area contributed by atoms with Crippen molar-refractivity contribution in [3.8, 4) is 0 Å². The molecule has 0 aliphatic heterocycles. The summed E-state index contributed by atoms with van der Waals surface area (Å²) in [6.45, 7) is 2.05. The third-order valence-electron chi connectivity index (χ3n) is 2.87. The summed E-state index contributed by atoms with van der Waals surface area (Å²) in [5.41, 5.74) is 0.523. The summed E-state index contributed by atoms with van der Waals surface area (Å²) in [5.74, 6) is -0.425. The molecule has 0 aromatic carbocycles. The summed E-state index contributed by atoms with van der Waals surface area (Å²) in [4.78, 5) is 38.6. The molecule has 8 nitrogen and oxygen atoms in total. The molecule has 0 fully saturated rings. The van der Waals surface area contributed by atoms with E-state index in [1.165, 1.54) is 17.5 Å². The highest BCUT2D eigenvalue weighted by molar-refractivity contribution is 5.80. The summed E-state index contributed by atoms with van der Waals surface area (Å²) in [5, 5.41) is 7.95. The molecule has 0 aliphatic carbocycles. The monoisotopic (exact) mass is 303 g/mol. The van der Waals surface area contributed by atoms with Gasteiger partial charge in [0.1, 0.15) is 11.3 Å². The van der Waals surface area contributed by atoms with Crippen LogP contribution < -0.4 is 21.5 Å². The number of fused-ring (bicyclic) bond motifs is 1. The number of pyridine rings is 1. The highest BCUT2D eigenvalue weighted by atomic mass is 16.2. The molecular formula is C14H17N5O3. The van der Waals surface area contributed by atoms with Gasteiger partial charge in [0.2, 0.25) is 11.8 Å². The molecule has 0 unspecified atom stereocenters. The Kier molecular flexibility index (Phi) is 5.07. The summed E-state index contributed by atoms with van der Waals surface area (Å²) < 4.78 is 1.40. The Hall–Kier alpha value is -2.90. The topological polar surface area (TPSA) is 105 Å². The molecule has 0 atom stereocenters. The zero-order valence-corrected chi connectivity index (χ0v) is 12.1. The lowest BCUT2D eigenvalue weighted by Gasteiger charge is -2.08. The largest absolute Gasteiger partial charge is 0.370 e. The first-order chi connectivity index (χ1) is 10.6. The molecule has 8 heteroatoms. The van der Waals surface area contributed by atoms with E-state index in [4.69, 9.17) is 0 Å². The number of hydrogen-bond acceptors (Lipinski definition) is 5. The van der Waals surface area contributed by atoms with Crippen molar-refractivity contribution in [1.82, 2.24) is 20.0 Å². The van der Waals surface area contributed by atoms with E-state index in [2.05, 4.69) is 20.9 Å². The van der Waals surface area contributed by atoms with Gasteiger partial charge >= 0.3 is 0 Å². The minimum absolute atomic E-state index is 0.0457. The number of carbonyl (C=O) groups is 2. The average molecular weight is 303 g/mol. The maximum absolute atomic E-state index is 12.2. The first kappa shape index (κ1) is 15.5. The lowest BCUT2D eigenvalue weighted by Crippen LogP contribution is -2.37. The number of hydrogen-bond donors (Lipinski definition) is 3. The van der Waals surface area contributed by atoms with Crippen LogP contribution in [0.4, 0.5) is 5.69 Å². The predicted molar refractivity (Wildman–Crippen MR) is 81.6 cm³/mol. The smallest absolute Gasteiger partial charge is 0.281 e.